The molecule has 12 heavy (non-hydrogen) atoms. The Balaban J connectivity index is 2.55. The van der Waals surface area contributed by atoms with E-state index in [1.807, 2.05) is 13.8 Å². The molecular formula is C8H14BrNO2. The molecule has 0 aromatic heterocycles. The van der Waals surface area contributed by atoms with Crippen molar-refractivity contribution in [1.82, 2.24) is 4.90 Å². The topological polar surface area (TPSA) is 40.5 Å². The maximum Gasteiger partial charge on any atom is 0.238 e. The summed E-state index contributed by atoms with van der Waals surface area (Å²) in [6.07, 6.45) is 0.373. The number of amides is 1. The van der Waals surface area contributed by atoms with Crippen LogP contribution in [0.2, 0.25) is 0 Å². The Morgan fingerprint density at radius 3 is 2.58 bits per heavy atom. The van der Waals surface area contributed by atoms with Crippen LogP contribution in [0.3, 0.4) is 0 Å². The van der Waals surface area contributed by atoms with E-state index in [-0.39, 0.29) is 12.0 Å². The fourth-order valence-electron chi connectivity index (χ4n) is 1.30. The van der Waals surface area contributed by atoms with Crippen LogP contribution in [0.4, 0.5) is 0 Å². The second kappa shape index (κ2) is 3.34. The Morgan fingerprint density at radius 1 is 1.67 bits per heavy atom. The van der Waals surface area contributed by atoms with Gasteiger partial charge in [0.2, 0.25) is 5.91 Å². The minimum atomic E-state index is -0.503. The third-order valence-corrected chi connectivity index (χ3v) is 2.30. The first-order valence-corrected chi connectivity index (χ1v) is 4.87. The molecule has 1 saturated heterocycles. The van der Waals surface area contributed by atoms with E-state index < -0.39 is 4.32 Å². The molecule has 0 unspecified atom stereocenters. The maximum atomic E-state index is 11.6. The lowest BCUT2D eigenvalue weighted by Gasteiger charge is -2.23. The van der Waals surface area contributed by atoms with Crippen molar-refractivity contribution in [2.45, 2.75) is 30.7 Å². The zero-order valence-electron chi connectivity index (χ0n) is 7.38. The van der Waals surface area contributed by atoms with Gasteiger partial charge in [0, 0.05) is 13.1 Å². The van der Waals surface area contributed by atoms with Crippen LogP contribution in [0.5, 0.6) is 0 Å². The quantitative estimate of drug-likeness (QED) is 0.682. The molecule has 0 aliphatic carbocycles. The predicted molar refractivity (Wildman–Crippen MR) is 50.2 cm³/mol. The van der Waals surface area contributed by atoms with Crippen molar-refractivity contribution >= 4 is 21.8 Å². The Labute approximate surface area is 80.9 Å². The van der Waals surface area contributed by atoms with Gasteiger partial charge < -0.3 is 10.0 Å². The number of hydrogen-bond acceptors (Lipinski definition) is 2. The number of aliphatic hydroxyl groups is 1. The largest absolute Gasteiger partial charge is 0.391 e. The van der Waals surface area contributed by atoms with Gasteiger partial charge in [-0.25, -0.2) is 0 Å². The molecule has 1 amide bonds. The number of likely N-dealkylation sites (tertiary alicyclic amines) is 1. The van der Waals surface area contributed by atoms with Gasteiger partial charge in [0.1, 0.15) is 0 Å². The molecule has 1 fully saturated rings. The number of hydrogen-bond donors (Lipinski definition) is 1. The van der Waals surface area contributed by atoms with Crippen molar-refractivity contribution in [3.8, 4) is 0 Å². The molecule has 70 valence electrons. The monoisotopic (exact) mass is 235 g/mol. The first kappa shape index (κ1) is 9.99. The predicted octanol–water partition coefficient (Wildman–Crippen LogP) is 0.753. The molecule has 3 nitrogen and oxygen atoms in total. The van der Waals surface area contributed by atoms with Crippen LogP contribution < -0.4 is 0 Å². The van der Waals surface area contributed by atoms with Gasteiger partial charge in [-0.05, 0) is 20.3 Å². The lowest BCUT2D eigenvalue weighted by atomic mass is 10.2. The van der Waals surface area contributed by atoms with Crippen LogP contribution in [0.1, 0.15) is 20.3 Å². The molecule has 1 aliphatic heterocycles. The van der Waals surface area contributed by atoms with E-state index in [4.69, 9.17) is 0 Å². The number of aliphatic hydroxyl groups excluding tert-OH is 1. The summed E-state index contributed by atoms with van der Waals surface area (Å²) < 4.78 is -0.503. The lowest BCUT2D eigenvalue weighted by molar-refractivity contribution is -0.132. The number of halogens is 1. The van der Waals surface area contributed by atoms with Gasteiger partial charge in [-0.15, -0.1) is 0 Å². The van der Waals surface area contributed by atoms with Gasteiger partial charge in [0.25, 0.3) is 0 Å². The molecule has 0 saturated carbocycles. The van der Waals surface area contributed by atoms with Gasteiger partial charge in [-0.1, -0.05) is 15.9 Å². The van der Waals surface area contributed by atoms with Crippen molar-refractivity contribution in [3.05, 3.63) is 0 Å². The smallest absolute Gasteiger partial charge is 0.238 e. The number of rotatable bonds is 1. The van der Waals surface area contributed by atoms with Crippen LogP contribution in [0.15, 0.2) is 0 Å². The molecular weight excluding hydrogens is 222 g/mol. The summed E-state index contributed by atoms with van der Waals surface area (Å²) in [5.41, 5.74) is 0. The summed E-state index contributed by atoms with van der Waals surface area (Å²) in [6, 6.07) is 0. The summed E-state index contributed by atoms with van der Waals surface area (Å²) in [7, 11) is 0. The third kappa shape index (κ3) is 2.20. The maximum absolute atomic E-state index is 11.6. The normalized spacial score (nSPS) is 24.7. The van der Waals surface area contributed by atoms with E-state index >= 15 is 0 Å². The summed E-state index contributed by atoms with van der Waals surface area (Å²) >= 11 is 3.30. The minimum absolute atomic E-state index is 0.0547. The fourth-order valence-corrected chi connectivity index (χ4v) is 1.55. The van der Waals surface area contributed by atoms with Crippen LogP contribution in [0.25, 0.3) is 0 Å². The highest BCUT2D eigenvalue weighted by Gasteiger charge is 2.33. The zero-order valence-corrected chi connectivity index (χ0v) is 8.97. The second-order valence-corrected chi connectivity index (χ2v) is 5.65. The van der Waals surface area contributed by atoms with E-state index in [0.29, 0.717) is 19.5 Å². The van der Waals surface area contributed by atoms with Crippen LogP contribution in [-0.4, -0.2) is 39.4 Å². The number of alkyl halides is 1. The summed E-state index contributed by atoms with van der Waals surface area (Å²) in [5, 5.41) is 9.21. The first-order valence-electron chi connectivity index (χ1n) is 4.07. The molecule has 1 atom stereocenters. The Kier molecular flexibility index (Phi) is 2.78. The van der Waals surface area contributed by atoms with Crippen molar-refractivity contribution < 1.29 is 9.90 Å². The SMILES string of the molecule is CC(C)(Br)C(=O)N1CC[C@@H](O)C1. The van der Waals surface area contributed by atoms with Gasteiger partial charge in [0.05, 0.1) is 10.4 Å². The summed E-state index contributed by atoms with van der Waals surface area (Å²) in [6.45, 7) is 4.79. The van der Waals surface area contributed by atoms with Crippen LogP contribution in [-0.2, 0) is 4.79 Å². The van der Waals surface area contributed by atoms with E-state index in [0.717, 1.165) is 0 Å². The highest BCUT2D eigenvalue weighted by atomic mass is 79.9. The molecule has 1 rings (SSSR count). The third-order valence-electron chi connectivity index (χ3n) is 1.96. The minimum Gasteiger partial charge on any atom is -0.391 e. The van der Waals surface area contributed by atoms with Gasteiger partial charge in [-0.3, -0.25) is 4.79 Å². The Morgan fingerprint density at radius 2 is 2.25 bits per heavy atom. The molecule has 4 heteroatoms. The Hall–Kier alpha value is -0.0900. The van der Waals surface area contributed by atoms with Crippen LogP contribution >= 0.6 is 15.9 Å². The molecule has 1 N–H and O–H groups in total. The molecule has 0 spiro atoms. The molecule has 0 aromatic rings. The summed E-state index contributed by atoms with van der Waals surface area (Å²) in [5.74, 6) is 0.0547. The van der Waals surface area contributed by atoms with Crippen molar-refractivity contribution in [3.63, 3.8) is 0 Å². The van der Waals surface area contributed by atoms with Crippen molar-refractivity contribution in [1.29, 1.82) is 0 Å². The number of β-amino-alcohol motifs (C(OH)–C–C–N with tert-alkyl or cyclic N) is 1. The molecule has 0 bridgehead atoms. The lowest BCUT2D eigenvalue weighted by Crippen LogP contribution is -2.40. The van der Waals surface area contributed by atoms with Crippen molar-refractivity contribution in [2.75, 3.05) is 13.1 Å². The zero-order chi connectivity index (χ0) is 9.35. The average molecular weight is 236 g/mol. The number of carbonyl (C=O) groups is 1. The highest BCUT2D eigenvalue weighted by Crippen LogP contribution is 2.22. The van der Waals surface area contributed by atoms with Crippen molar-refractivity contribution in [2.24, 2.45) is 0 Å². The second-order valence-electron chi connectivity index (χ2n) is 3.67. The van der Waals surface area contributed by atoms with E-state index in [1.165, 1.54) is 0 Å². The number of nitrogens with zero attached hydrogens (tertiary/aromatic N) is 1. The average Bonchev–Trinajstić information content (AvgIpc) is 2.32. The standard InChI is InChI=1S/C8H14BrNO2/c1-8(2,9)7(12)10-4-3-6(11)5-10/h6,11H,3-5H2,1-2H3/t6-/m1/s1. The summed E-state index contributed by atoms with van der Waals surface area (Å²) in [4.78, 5) is 13.3. The van der Waals surface area contributed by atoms with Gasteiger partial charge in [-0.2, -0.15) is 0 Å². The van der Waals surface area contributed by atoms with Gasteiger partial charge in [0.15, 0.2) is 0 Å². The molecule has 1 heterocycles. The molecule has 0 aromatic carbocycles. The van der Waals surface area contributed by atoms with Crippen LogP contribution in [0, 0.1) is 0 Å². The van der Waals surface area contributed by atoms with E-state index in [1.54, 1.807) is 4.90 Å². The highest BCUT2D eigenvalue weighted by molar-refractivity contribution is 9.10. The van der Waals surface area contributed by atoms with E-state index in [2.05, 4.69) is 15.9 Å². The number of carbonyl (C=O) groups excluding carboxylic acids is 1. The molecule has 1 aliphatic rings. The van der Waals surface area contributed by atoms with Gasteiger partial charge >= 0.3 is 0 Å². The van der Waals surface area contributed by atoms with E-state index in [9.17, 15) is 9.90 Å². The fraction of sp³-hybridized carbons (Fsp3) is 0.875. The molecule has 0 radical (unpaired) electrons. The first-order chi connectivity index (χ1) is 5.41. The Bertz CT molecular complexity index is 188.